The van der Waals surface area contributed by atoms with Crippen LogP contribution in [0.3, 0.4) is 0 Å². The molecule has 1 heterocycles. The topological polar surface area (TPSA) is 63.7 Å². The van der Waals surface area contributed by atoms with Crippen LogP contribution in [0.1, 0.15) is 50.4 Å². The summed E-state index contributed by atoms with van der Waals surface area (Å²) in [7, 11) is -3.02. The number of hydrogen-bond donors (Lipinski definition) is 0. The highest BCUT2D eigenvalue weighted by Crippen LogP contribution is 2.22. The average Bonchev–Trinajstić information content (AvgIpc) is 2.87. The van der Waals surface area contributed by atoms with Crippen LogP contribution in [-0.2, 0) is 9.84 Å². The second-order valence-electron chi connectivity index (χ2n) is 6.60. The Bertz CT molecular complexity index is 652. The zero-order valence-electron chi connectivity index (χ0n) is 14.7. The van der Waals surface area contributed by atoms with E-state index in [1.54, 1.807) is 29.2 Å². The van der Waals surface area contributed by atoms with E-state index in [1.807, 2.05) is 13.8 Å². The maximum absolute atomic E-state index is 12.9. The molecule has 2 rings (SSSR count). The van der Waals surface area contributed by atoms with E-state index in [4.69, 9.17) is 4.74 Å². The fourth-order valence-corrected chi connectivity index (χ4v) is 4.64. The number of nitrogens with zero attached hydrogens (tertiary/aromatic N) is 1. The van der Waals surface area contributed by atoms with Gasteiger partial charge in [-0.2, -0.15) is 0 Å². The summed E-state index contributed by atoms with van der Waals surface area (Å²) >= 11 is 0. The maximum atomic E-state index is 12.9. The van der Waals surface area contributed by atoms with Gasteiger partial charge in [-0.25, -0.2) is 8.42 Å². The number of unbranched alkanes of at least 4 members (excludes halogenated alkanes) is 1. The van der Waals surface area contributed by atoms with Crippen LogP contribution in [0.25, 0.3) is 0 Å². The van der Waals surface area contributed by atoms with Gasteiger partial charge in [0.2, 0.25) is 0 Å². The summed E-state index contributed by atoms with van der Waals surface area (Å²) in [5, 5.41) is 0. The van der Waals surface area contributed by atoms with Crippen molar-refractivity contribution >= 4 is 15.7 Å². The van der Waals surface area contributed by atoms with E-state index in [1.165, 1.54) is 0 Å². The first-order valence-corrected chi connectivity index (χ1v) is 10.4. The third-order valence-corrected chi connectivity index (χ3v) is 5.89. The Morgan fingerprint density at radius 2 is 1.96 bits per heavy atom. The SMILES string of the molecule is CCCCN(C(=O)c1ccc(OC(C)C)cc1)C1CCS(=O)(=O)C1. The van der Waals surface area contributed by atoms with Crippen molar-refractivity contribution in [1.29, 1.82) is 0 Å². The number of carbonyl (C=O) groups is 1. The summed E-state index contributed by atoms with van der Waals surface area (Å²) in [4.78, 5) is 14.6. The molecular formula is C18H27NO4S. The number of ether oxygens (including phenoxy) is 1. The Balaban J connectivity index is 2.15. The highest BCUT2D eigenvalue weighted by atomic mass is 32.2. The maximum Gasteiger partial charge on any atom is 0.254 e. The van der Waals surface area contributed by atoms with Crippen LogP contribution in [0.4, 0.5) is 0 Å². The Kier molecular flexibility index (Phi) is 6.27. The lowest BCUT2D eigenvalue weighted by Gasteiger charge is -2.28. The summed E-state index contributed by atoms with van der Waals surface area (Å²) in [6.45, 7) is 6.56. The van der Waals surface area contributed by atoms with Crippen LogP contribution in [0.15, 0.2) is 24.3 Å². The van der Waals surface area contributed by atoms with Crippen LogP contribution in [0, 0.1) is 0 Å². The van der Waals surface area contributed by atoms with Crippen molar-refractivity contribution in [1.82, 2.24) is 4.90 Å². The minimum Gasteiger partial charge on any atom is -0.491 e. The third-order valence-electron chi connectivity index (χ3n) is 4.14. The summed E-state index contributed by atoms with van der Waals surface area (Å²) in [6.07, 6.45) is 2.45. The molecule has 1 aromatic rings. The molecule has 1 fully saturated rings. The number of carbonyl (C=O) groups excluding carboxylic acids is 1. The predicted molar refractivity (Wildman–Crippen MR) is 95.2 cm³/mol. The normalized spacial score (nSPS) is 19.4. The quantitative estimate of drug-likeness (QED) is 0.756. The molecular weight excluding hydrogens is 326 g/mol. The van der Waals surface area contributed by atoms with Gasteiger partial charge in [0.1, 0.15) is 5.75 Å². The van der Waals surface area contributed by atoms with Crippen molar-refractivity contribution in [3.63, 3.8) is 0 Å². The van der Waals surface area contributed by atoms with Crippen LogP contribution in [0.2, 0.25) is 0 Å². The third kappa shape index (κ3) is 4.97. The molecule has 0 aliphatic carbocycles. The number of hydrogen-bond acceptors (Lipinski definition) is 4. The zero-order chi connectivity index (χ0) is 17.7. The van der Waals surface area contributed by atoms with Gasteiger partial charge in [0.25, 0.3) is 5.91 Å². The molecule has 0 N–H and O–H groups in total. The second-order valence-corrected chi connectivity index (χ2v) is 8.83. The van der Waals surface area contributed by atoms with Gasteiger partial charge < -0.3 is 9.64 Å². The molecule has 0 aromatic heterocycles. The molecule has 0 radical (unpaired) electrons. The first kappa shape index (κ1) is 18.8. The largest absolute Gasteiger partial charge is 0.491 e. The minimum absolute atomic E-state index is 0.0799. The highest BCUT2D eigenvalue weighted by Gasteiger charge is 2.34. The van der Waals surface area contributed by atoms with Crippen LogP contribution in [-0.4, -0.2) is 49.4 Å². The molecule has 5 nitrogen and oxygen atoms in total. The smallest absolute Gasteiger partial charge is 0.254 e. The number of sulfone groups is 1. The van der Waals surface area contributed by atoms with Crippen molar-refractivity contribution in [3.05, 3.63) is 29.8 Å². The first-order chi connectivity index (χ1) is 11.3. The van der Waals surface area contributed by atoms with E-state index >= 15 is 0 Å². The van der Waals surface area contributed by atoms with Gasteiger partial charge in [0, 0.05) is 18.2 Å². The lowest BCUT2D eigenvalue weighted by molar-refractivity contribution is 0.0694. The van der Waals surface area contributed by atoms with Crippen molar-refractivity contribution in [3.8, 4) is 5.75 Å². The Morgan fingerprint density at radius 3 is 2.46 bits per heavy atom. The average molecular weight is 353 g/mol. The van der Waals surface area contributed by atoms with Gasteiger partial charge >= 0.3 is 0 Å². The highest BCUT2D eigenvalue weighted by molar-refractivity contribution is 7.91. The van der Waals surface area contributed by atoms with Gasteiger partial charge in [-0.15, -0.1) is 0 Å². The molecule has 1 saturated heterocycles. The van der Waals surface area contributed by atoms with Crippen molar-refractivity contribution in [2.24, 2.45) is 0 Å². The summed E-state index contributed by atoms with van der Waals surface area (Å²) in [5.41, 5.74) is 0.575. The van der Waals surface area contributed by atoms with Crippen LogP contribution < -0.4 is 4.74 Å². The van der Waals surface area contributed by atoms with Gasteiger partial charge in [0.05, 0.1) is 17.6 Å². The molecule has 6 heteroatoms. The van der Waals surface area contributed by atoms with Crippen molar-refractivity contribution in [2.45, 2.75) is 52.2 Å². The number of benzene rings is 1. The zero-order valence-corrected chi connectivity index (χ0v) is 15.5. The van der Waals surface area contributed by atoms with Crippen molar-refractivity contribution in [2.75, 3.05) is 18.1 Å². The number of amides is 1. The molecule has 1 aliphatic heterocycles. The van der Waals surface area contributed by atoms with Gasteiger partial charge in [0.15, 0.2) is 9.84 Å². The van der Waals surface area contributed by atoms with Gasteiger partial charge in [-0.3, -0.25) is 4.79 Å². The van der Waals surface area contributed by atoms with E-state index in [2.05, 4.69) is 6.92 Å². The van der Waals surface area contributed by atoms with E-state index in [0.717, 1.165) is 18.6 Å². The summed E-state index contributed by atoms with van der Waals surface area (Å²) in [5.74, 6) is 0.887. The molecule has 0 spiro atoms. The summed E-state index contributed by atoms with van der Waals surface area (Å²) < 4.78 is 29.1. The Labute approximate surface area is 144 Å². The van der Waals surface area contributed by atoms with E-state index in [0.29, 0.717) is 18.5 Å². The summed E-state index contributed by atoms with van der Waals surface area (Å²) in [6, 6.07) is 6.87. The van der Waals surface area contributed by atoms with Gasteiger partial charge in [-0.1, -0.05) is 13.3 Å². The standard InChI is InChI=1S/C18H27NO4S/c1-4-5-11-19(16-10-12-24(21,22)13-16)18(20)15-6-8-17(9-7-15)23-14(2)3/h6-9,14,16H,4-5,10-13H2,1-3H3. The predicted octanol–water partition coefficient (Wildman–Crippen LogP) is 2.90. The van der Waals surface area contributed by atoms with Crippen molar-refractivity contribution < 1.29 is 17.9 Å². The fourth-order valence-electron chi connectivity index (χ4n) is 2.91. The lowest BCUT2D eigenvalue weighted by Crippen LogP contribution is -2.41. The van der Waals surface area contributed by atoms with E-state index < -0.39 is 9.84 Å². The molecule has 1 aliphatic rings. The van der Waals surface area contributed by atoms with Gasteiger partial charge in [-0.05, 0) is 51.0 Å². The van der Waals surface area contributed by atoms with Crippen LogP contribution >= 0.6 is 0 Å². The van der Waals surface area contributed by atoms with E-state index in [-0.39, 0.29) is 29.6 Å². The number of rotatable bonds is 7. The molecule has 1 amide bonds. The molecule has 1 atom stereocenters. The molecule has 1 aromatic carbocycles. The molecule has 24 heavy (non-hydrogen) atoms. The first-order valence-electron chi connectivity index (χ1n) is 8.60. The lowest BCUT2D eigenvalue weighted by atomic mass is 10.1. The molecule has 0 saturated carbocycles. The fraction of sp³-hybridized carbons (Fsp3) is 0.611. The molecule has 0 bridgehead atoms. The Hall–Kier alpha value is -1.56. The molecule has 1 unspecified atom stereocenters. The Morgan fingerprint density at radius 1 is 1.29 bits per heavy atom. The monoisotopic (exact) mass is 353 g/mol. The molecule has 134 valence electrons. The van der Waals surface area contributed by atoms with Crippen LogP contribution in [0.5, 0.6) is 5.75 Å². The van der Waals surface area contributed by atoms with E-state index in [9.17, 15) is 13.2 Å². The second kappa shape index (κ2) is 8.01. The minimum atomic E-state index is -3.02.